The maximum atomic E-state index is 12.4. The average molecular weight is 369 g/mol. The Kier molecular flexibility index (Phi) is 6.75. The summed E-state index contributed by atoms with van der Waals surface area (Å²) in [5.74, 6) is -0.495. The highest BCUT2D eigenvalue weighted by molar-refractivity contribution is 7.99. The summed E-state index contributed by atoms with van der Waals surface area (Å²) in [7, 11) is 1.58. The molecular formula is C18H18F3NO2S. The van der Waals surface area contributed by atoms with Crippen LogP contribution < -0.4 is 10.1 Å². The molecule has 0 saturated carbocycles. The van der Waals surface area contributed by atoms with Gasteiger partial charge in [-0.2, -0.15) is 13.2 Å². The van der Waals surface area contributed by atoms with E-state index in [0.717, 1.165) is 11.3 Å². The monoisotopic (exact) mass is 369 g/mol. The number of ether oxygens (including phenoxy) is 1. The lowest BCUT2D eigenvalue weighted by Gasteiger charge is -2.12. The average Bonchev–Trinajstić information content (AvgIpc) is 2.59. The maximum Gasteiger partial charge on any atom is 0.398 e. The Balaban J connectivity index is 1.91. The van der Waals surface area contributed by atoms with Crippen molar-refractivity contribution in [2.75, 3.05) is 18.2 Å². The van der Waals surface area contributed by atoms with Crippen molar-refractivity contribution in [1.29, 1.82) is 0 Å². The Morgan fingerprint density at radius 2 is 1.80 bits per heavy atom. The minimum absolute atomic E-state index is 0.240. The third kappa shape index (κ3) is 6.70. The van der Waals surface area contributed by atoms with E-state index in [1.807, 2.05) is 24.3 Å². The van der Waals surface area contributed by atoms with Crippen molar-refractivity contribution >= 4 is 23.4 Å². The first-order chi connectivity index (χ1) is 11.9. The van der Waals surface area contributed by atoms with Gasteiger partial charge in [-0.25, -0.2) is 0 Å². The summed E-state index contributed by atoms with van der Waals surface area (Å²) in [6.45, 7) is 0. The van der Waals surface area contributed by atoms with E-state index in [-0.39, 0.29) is 12.3 Å². The number of rotatable bonds is 7. The molecule has 25 heavy (non-hydrogen) atoms. The third-order valence-electron chi connectivity index (χ3n) is 3.35. The molecule has 0 aliphatic heterocycles. The van der Waals surface area contributed by atoms with E-state index in [4.69, 9.17) is 4.74 Å². The minimum atomic E-state index is -4.25. The van der Waals surface area contributed by atoms with E-state index in [9.17, 15) is 18.0 Å². The molecule has 2 rings (SSSR count). The fourth-order valence-electron chi connectivity index (χ4n) is 2.12. The number of hydrogen-bond donors (Lipinski definition) is 1. The molecule has 0 saturated heterocycles. The second kappa shape index (κ2) is 8.80. The van der Waals surface area contributed by atoms with Crippen molar-refractivity contribution in [1.82, 2.24) is 0 Å². The van der Waals surface area contributed by atoms with Gasteiger partial charge in [-0.3, -0.25) is 4.79 Å². The number of halogens is 3. The number of carbonyl (C=O) groups excluding carboxylic acids is 1. The van der Waals surface area contributed by atoms with E-state index in [2.05, 4.69) is 5.32 Å². The van der Waals surface area contributed by atoms with Crippen LogP contribution >= 0.6 is 11.8 Å². The summed E-state index contributed by atoms with van der Waals surface area (Å²) < 4.78 is 42.2. The molecule has 3 nitrogen and oxygen atoms in total. The van der Waals surface area contributed by atoms with E-state index < -0.39 is 11.9 Å². The van der Waals surface area contributed by atoms with Gasteiger partial charge in [0.2, 0.25) is 5.91 Å². The number of thioether (sulfide) groups is 1. The van der Waals surface area contributed by atoms with Crippen LogP contribution in [0.25, 0.3) is 0 Å². The molecule has 0 unspecified atom stereocenters. The van der Waals surface area contributed by atoms with Gasteiger partial charge in [0.25, 0.3) is 0 Å². The molecule has 0 aromatic heterocycles. The van der Waals surface area contributed by atoms with Gasteiger partial charge in [0.1, 0.15) is 5.75 Å². The lowest BCUT2D eigenvalue weighted by molar-refractivity contribution is -0.116. The molecule has 0 atom stereocenters. The SMILES string of the molecule is COc1ccc(CCC(=O)Nc2ccccc2SCC(F)(F)F)cc1. The molecule has 0 bridgehead atoms. The van der Waals surface area contributed by atoms with E-state index in [0.29, 0.717) is 28.8 Å². The fraction of sp³-hybridized carbons (Fsp3) is 0.278. The first-order valence-corrected chi connectivity index (χ1v) is 8.57. The molecule has 0 radical (unpaired) electrons. The van der Waals surface area contributed by atoms with Crippen molar-refractivity contribution in [3.63, 3.8) is 0 Å². The molecule has 2 aromatic rings. The third-order valence-corrected chi connectivity index (χ3v) is 4.49. The van der Waals surface area contributed by atoms with E-state index >= 15 is 0 Å². The second-order valence-electron chi connectivity index (χ2n) is 5.30. The summed E-state index contributed by atoms with van der Waals surface area (Å²) in [6, 6.07) is 13.9. The van der Waals surface area contributed by atoms with Crippen LogP contribution in [0.15, 0.2) is 53.4 Å². The summed E-state index contributed by atoms with van der Waals surface area (Å²) in [4.78, 5) is 12.5. The Bertz CT molecular complexity index is 702. The van der Waals surface area contributed by atoms with Gasteiger partial charge in [-0.15, -0.1) is 11.8 Å². The number of amides is 1. The van der Waals surface area contributed by atoms with Crippen LogP contribution in [0.1, 0.15) is 12.0 Å². The molecule has 0 heterocycles. The van der Waals surface area contributed by atoms with Crippen LogP contribution in [0.3, 0.4) is 0 Å². The lowest BCUT2D eigenvalue weighted by Crippen LogP contribution is -2.14. The van der Waals surface area contributed by atoms with Gasteiger partial charge >= 0.3 is 6.18 Å². The zero-order chi connectivity index (χ0) is 18.3. The number of anilines is 1. The molecule has 0 aliphatic carbocycles. The second-order valence-corrected chi connectivity index (χ2v) is 6.31. The van der Waals surface area contributed by atoms with Gasteiger partial charge in [-0.1, -0.05) is 24.3 Å². The number of alkyl halides is 3. The van der Waals surface area contributed by atoms with Gasteiger partial charge in [0.05, 0.1) is 18.6 Å². The van der Waals surface area contributed by atoms with Gasteiger partial charge in [0, 0.05) is 11.3 Å². The molecule has 0 aliphatic rings. The van der Waals surface area contributed by atoms with Crippen LogP contribution in [0.2, 0.25) is 0 Å². The zero-order valence-electron chi connectivity index (χ0n) is 13.6. The van der Waals surface area contributed by atoms with Crippen molar-refractivity contribution in [3.05, 3.63) is 54.1 Å². The number of nitrogens with one attached hydrogen (secondary N) is 1. The molecule has 0 fully saturated rings. The lowest BCUT2D eigenvalue weighted by atomic mass is 10.1. The molecule has 0 spiro atoms. The van der Waals surface area contributed by atoms with Crippen LogP contribution in [0, 0.1) is 0 Å². The van der Waals surface area contributed by atoms with Crippen molar-refractivity contribution < 1.29 is 22.7 Å². The molecular weight excluding hydrogens is 351 g/mol. The number of benzene rings is 2. The zero-order valence-corrected chi connectivity index (χ0v) is 14.4. The minimum Gasteiger partial charge on any atom is -0.497 e. The highest BCUT2D eigenvalue weighted by Gasteiger charge is 2.27. The normalized spacial score (nSPS) is 11.2. The smallest absolute Gasteiger partial charge is 0.398 e. The number of methoxy groups -OCH3 is 1. The number of carbonyl (C=O) groups is 1. The number of hydrogen-bond acceptors (Lipinski definition) is 3. The maximum absolute atomic E-state index is 12.4. The summed E-state index contributed by atoms with van der Waals surface area (Å²) >= 11 is 0.661. The van der Waals surface area contributed by atoms with E-state index in [1.165, 1.54) is 0 Å². The summed E-state index contributed by atoms with van der Waals surface area (Å²) in [6.07, 6.45) is -3.48. The first-order valence-electron chi connectivity index (χ1n) is 7.59. The predicted octanol–water partition coefficient (Wildman–Crippen LogP) is 4.92. The van der Waals surface area contributed by atoms with E-state index in [1.54, 1.807) is 31.4 Å². The fourth-order valence-corrected chi connectivity index (χ4v) is 2.89. The van der Waals surface area contributed by atoms with Crippen molar-refractivity contribution in [2.24, 2.45) is 0 Å². The first kappa shape index (κ1) is 19.2. The molecule has 1 amide bonds. The number of aryl methyl sites for hydroxylation is 1. The van der Waals surface area contributed by atoms with Crippen molar-refractivity contribution in [3.8, 4) is 5.75 Å². The molecule has 134 valence electrons. The van der Waals surface area contributed by atoms with Gasteiger partial charge in [0.15, 0.2) is 0 Å². The quantitative estimate of drug-likeness (QED) is 0.704. The summed E-state index contributed by atoms with van der Waals surface area (Å²) in [5, 5.41) is 2.69. The van der Waals surface area contributed by atoms with Gasteiger partial charge < -0.3 is 10.1 Å². The molecule has 1 N–H and O–H groups in total. The predicted molar refractivity (Wildman–Crippen MR) is 93.2 cm³/mol. The van der Waals surface area contributed by atoms with Crippen LogP contribution in [-0.2, 0) is 11.2 Å². The topological polar surface area (TPSA) is 38.3 Å². The van der Waals surface area contributed by atoms with Crippen LogP contribution in [0.5, 0.6) is 5.75 Å². The Hall–Kier alpha value is -2.15. The molecule has 2 aromatic carbocycles. The van der Waals surface area contributed by atoms with Crippen molar-refractivity contribution in [2.45, 2.75) is 23.9 Å². The Morgan fingerprint density at radius 1 is 1.12 bits per heavy atom. The Morgan fingerprint density at radius 3 is 2.44 bits per heavy atom. The van der Waals surface area contributed by atoms with Crippen LogP contribution in [-0.4, -0.2) is 24.9 Å². The van der Waals surface area contributed by atoms with Crippen LogP contribution in [0.4, 0.5) is 18.9 Å². The summed E-state index contributed by atoms with van der Waals surface area (Å²) in [5.41, 5.74) is 1.38. The standard InChI is InChI=1S/C18H18F3NO2S/c1-24-14-9-6-13(7-10-14)8-11-17(23)22-15-4-2-3-5-16(15)25-12-18(19,20)21/h2-7,9-10H,8,11-12H2,1H3,(H,22,23). The largest absolute Gasteiger partial charge is 0.497 e. The van der Waals surface area contributed by atoms with Gasteiger partial charge in [-0.05, 0) is 36.2 Å². The Labute approximate surface area is 148 Å². The molecule has 7 heteroatoms. The highest BCUT2D eigenvalue weighted by Crippen LogP contribution is 2.32. The number of para-hydroxylation sites is 1. The highest BCUT2D eigenvalue weighted by atomic mass is 32.2.